The summed E-state index contributed by atoms with van der Waals surface area (Å²) < 4.78 is 6.85. The van der Waals surface area contributed by atoms with Gasteiger partial charge in [0, 0.05) is 16.1 Å². The lowest BCUT2D eigenvalue weighted by Crippen LogP contribution is -2.47. The Morgan fingerprint density at radius 3 is 2.68 bits per heavy atom. The molecule has 3 fully saturated rings. The van der Waals surface area contributed by atoms with Gasteiger partial charge in [-0.25, -0.2) is 0 Å². The minimum atomic E-state index is -1.03. The Hall–Kier alpha value is -1.94. The number of aromatic hydroxyl groups is 1. The first kappa shape index (κ1) is 26.7. The number of hydrogen-bond donors (Lipinski definition) is 3. The predicted octanol–water partition coefficient (Wildman–Crippen LogP) is 4.46. The second-order valence-electron chi connectivity index (χ2n) is 11.0. The number of nitrogens with zero attached hydrogens (tertiary/aromatic N) is 1. The fraction of sp³-hybridized carbons (Fsp3) is 0.571. The van der Waals surface area contributed by atoms with Gasteiger partial charge in [-0.3, -0.25) is 14.5 Å². The van der Waals surface area contributed by atoms with E-state index in [2.05, 4.69) is 15.9 Å². The highest BCUT2D eigenvalue weighted by molar-refractivity contribution is 9.10. The van der Waals surface area contributed by atoms with Crippen molar-refractivity contribution in [3.8, 4) is 5.75 Å². The molecule has 3 N–H and O–H groups in total. The number of aliphatic hydroxyl groups is 1. The van der Waals surface area contributed by atoms with E-state index in [0.717, 1.165) is 53.3 Å². The molecule has 2 heterocycles. The fourth-order valence-electron chi connectivity index (χ4n) is 6.97. The molecule has 1 saturated carbocycles. The highest BCUT2D eigenvalue weighted by Crippen LogP contribution is 2.51. The van der Waals surface area contributed by atoms with Crippen LogP contribution in [-0.2, 0) is 14.2 Å². The first-order valence-electron chi connectivity index (χ1n) is 13.5. The molecule has 2 aliphatic heterocycles. The Kier molecular flexibility index (Phi) is 7.96. The number of fused-ring (bicyclic) bond motifs is 3. The summed E-state index contributed by atoms with van der Waals surface area (Å²) in [5.41, 5.74) is 3.42. The summed E-state index contributed by atoms with van der Waals surface area (Å²) in [5, 5.41) is 31.1. The first-order chi connectivity index (χ1) is 17.8. The number of hydrogen-bond acceptors (Lipinski definition) is 6. The number of imide groups is 1. The van der Waals surface area contributed by atoms with Crippen LogP contribution in [0.15, 0.2) is 39.4 Å². The predicted molar refractivity (Wildman–Crippen MR) is 144 cm³/mol. The van der Waals surface area contributed by atoms with E-state index in [-0.39, 0.29) is 42.5 Å². The van der Waals surface area contributed by atoms with Crippen LogP contribution in [-0.4, -0.2) is 57.8 Å². The molecular weight excluding hydrogens is 537 g/mol. The van der Waals surface area contributed by atoms with Crippen molar-refractivity contribution in [2.45, 2.75) is 76.8 Å². The molecule has 1 aromatic carbocycles. The Morgan fingerprint density at radius 2 is 1.95 bits per heavy atom. The van der Waals surface area contributed by atoms with Crippen molar-refractivity contribution in [1.29, 1.82) is 0 Å². The van der Waals surface area contributed by atoms with Gasteiger partial charge in [0.15, 0.2) is 0 Å². The number of aliphatic hydroxyl groups excluding tert-OH is 1. The molecular formula is C28H35BBrNO6. The number of carbonyl (C=O) groups excluding carboxylic acids is 2. The molecule has 2 aliphatic carbocycles. The van der Waals surface area contributed by atoms with Gasteiger partial charge in [0.25, 0.3) is 0 Å². The maximum absolute atomic E-state index is 13.7. The Morgan fingerprint density at radius 1 is 1.19 bits per heavy atom. The van der Waals surface area contributed by atoms with Gasteiger partial charge in [-0.2, -0.15) is 0 Å². The molecule has 4 atom stereocenters. The van der Waals surface area contributed by atoms with Crippen LogP contribution in [0.1, 0.15) is 63.9 Å². The molecule has 0 aromatic heterocycles. The van der Waals surface area contributed by atoms with Gasteiger partial charge in [-0.05, 0) is 80.6 Å². The second-order valence-corrected chi connectivity index (χ2v) is 12.0. The van der Waals surface area contributed by atoms with Crippen LogP contribution in [0.3, 0.4) is 0 Å². The number of phenolic OH excluding ortho intramolecular Hbond substituents is 1. The molecule has 0 radical (unpaired) electrons. The standard InChI is InChI=1S/C28H35BBrNO6/c1-16(11-17-12-19(30)8-9-23(17)33)7-10-24-25-18(15-32)13-21-26(22(25)14-29(36)37-24)28(35)31(27(21)34)20-5-3-2-4-6-20/h8-9,11-12,20-22,24,26,32-33,36H,2-7,10,13-15H2,1H3/b16-11+/t21-,22+,24-,26-/m1/s1. The Bertz CT molecular complexity index is 1130. The molecule has 2 amide bonds. The Labute approximate surface area is 226 Å². The summed E-state index contributed by atoms with van der Waals surface area (Å²) in [5.74, 6) is -1.26. The maximum Gasteiger partial charge on any atom is 0.455 e. The van der Waals surface area contributed by atoms with E-state index in [9.17, 15) is 24.8 Å². The average molecular weight is 572 g/mol. The third kappa shape index (κ3) is 5.20. The van der Waals surface area contributed by atoms with E-state index < -0.39 is 25.1 Å². The summed E-state index contributed by atoms with van der Waals surface area (Å²) in [7, 11) is -1.03. The van der Waals surface area contributed by atoms with Crippen LogP contribution in [0.4, 0.5) is 0 Å². The number of allylic oxidation sites excluding steroid dienone is 1. The number of phenols is 1. The molecule has 0 spiro atoms. The number of benzene rings is 1. The monoisotopic (exact) mass is 571 g/mol. The van der Waals surface area contributed by atoms with Crippen LogP contribution in [0, 0.1) is 17.8 Å². The third-order valence-electron chi connectivity index (χ3n) is 8.67. The molecule has 2 saturated heterocycles. The van der Waals surface area contributed by atoms with Crippen molar-refractivity contribution < 1.29 is 29.5 Å². The van der Waals surface area contributed by atoms with Crippen LogP contribution in [0.25, 0.3) is 6.08 Å². The van der Waals surface area contributed by atoms with E-state index in [1.54, 1.807) is 17.0 Å². The van der Waals surface area contributed by atoms with Gasteiger partial charge >= 0.3 is 7.12 Å². The molecule has 1 aromatic rings. The lowest BCUT2D eigenvalue weighted by atomic mass is 9.58. The highest BCUT2D eigenvalue weighted by Gasteiger charge is 2.58. The van der Waals surface area contributed by atoms with Gasteiger partial charge in [0.05, 0.1) is 24.5 Å². The summed E-state index contributed by atoms with van der Waals surface area (Å²) >= 11 is 3.43. The number of carbonyl (C=O) groups is 2. The fourth-order valence-corrected chi connectivity index (χ4v) is 7.35. The highest BCUT2D eigenvalue weighted by atomic mass is 79.9. The minimum Gasteiger partial charge on any atom is -0.507 e. The Balaban J connectivity index is 1.38. The van der Waals surface area contributed by atoms with Crippen LogP contribution in [0.2, 0.25) is 6.32 Å². The van der Waals surface area contributed by atoms with Crippen LogP contribution >= 0.6 is 15.9 Å². The number of rotatable bonds is 6. The van der Waals surface area contributed by atoms with Crippen molar-refractivity contribution in [1.82, 2.24) is 4.90 Å². The van der Waals surface area contributed by atoms with Gasteiger partial charge in [0.1, 0.15) is 5.75 Å². The van der Waals surface area contributed by atoms with Crippen LogP contribution < -0.4 is 0 Å². The largest absolute Gasteiger partial charge is 0.507 e. The number of halogens is 1. The normalized spacial score (nSPS) is 29.1. The van der Waals surface area contributed by atoms with Crippen molar-refractivity contribution in [2.24, 2.45) is 17.8 Å². The zero-order valence-corrected chi connectivity index (χ0v) is 22.8. The molecule has 0 bridgehead atoms. The molecule has 5 rings (SSSR count). The zero-order valence-electron chi connectivity index (χ0n) is 21.2. The van der Waals surface area contributed by atoms with Crippen molar-refractivity contribution >= 4 is 40.9 Å². The molecule has 7 nitrogen and oxygen atoms in total. The van der Waals surface area contributed by atoms with Gasteiger partial charge < -0.3 is 19.9 Å². The summed E-state index contributed by atoms with van der Waals surface area (Å²) in [6, 6.07) is 5.25. The van der Waals surface area contributed by atoms with Gasteiger partial charge in [0.2, 0.25) is 11.8 Å². The molecule has 0 unspecified atom stereocenters. The number of likely N-dealkylation sites (tertiary alicyclic amines) is 1. The molecule has 9 heteroatoms. The summed E-state index contributed by atoms with van der Waals surface area (Å²) in [6.07, 6.45) is 8.26. The quantitative estimate of drug-likeness (QED) is 0.264. The zero-order chi connectivity index (χ0) is 26.3. The first-order valence-corrected chi connectivity index (χ1v) is 14.3. The molecule has 37 heavy (non-hydrogen) atoms. The SMILES string of the molecule is C/C(=C\c1cc(Br)ccc1O)CC[C@H]1OB(O)C[C@H]2C1=C(CO)C[C@H]1C(=O)N(C3CCCCC3)C(=O)[C@H]12. The lowest BCUT2D eigenvalue weighted by Gasteiger charge is -2.43. The van der Waals surface area contributed by atoms with E-state index in [1.165, 1.54) is 0 Å². The second kappa shape index (κ2) is 11.0. The van der Waals surface area contributed by atoms with Crippen molar-refractivity contribution in [2.75, 3.05) is 6.61 Å². The van der Waals surface area contributed by atoms with Gasteiger partial charge in [-0.1, -0.05) is 46.8 Å². The van der Waals surface area contributed by atoms with Gasteiger partial charge in [-0.15, -0.1) is 0 Å². The van der Waals surface area contributed by atoms with Crippen molar-refractivity contribution in [3.63, 3.8) is 0 Å². The molecule has 4 aliphatic rings. The van der Waals surface area contributed by atoms with E-state index >= 15 is 0 Å². The third-order valence-corrected chi connectivity index (χ3v) is 9.16. The molecule has 198 valence electrons. The van der Waals surface area contributed by atoms with Crippen molar-refractivity contribution in [3.05, 3.63) is 45.0 Å². The lowest BCUT2D eigenvalue weighted by molar-refractivity contribution is -0.143. The number of amides is 2. The van der Waals surface area contributed by atoms with E-state index in [4.69, 9.17) is 4.65 Å². The minimum absolute atomic E-state index is 0.0248. The van der Waals surface area contributed by atoms with E-state index in [1.807, 2.05) is 19.1 Å². The topological polar surface area (TPSA) is 107 Å². The summed E-state index contributed by atoms with van der Waals surface area (Å²) in [6.45, 7) is 1.80. The van der Waals surface area contributed by atoms with E-state index in [0.29, 0.717) is 24.8 Å². The van der Waals surface area contributed by atoms with Crippen LogP contribution in [0.5, 0.6) is 5.75 Å². The smallest absolute Gasteiger partial charge is 0.455 e. The average Bonchev–Trinajstić information content (AvgIpc) is 3.14. The maximum atomic E-state index is 13.7. The summed E-state index contributed by atoms with van der Waals surface area (Å²) in [4.78, 5) is 28.7.